The van der Waals surface area contributed by atoms with Crippen LogP contribution in [0.5, 0.6) is 0 Å². The van der Waals surface area contributed by atoms with Gasteiger partial charge in [0, 0.05) is 61.6 Å². The molecule has 3 aromatic heterocycles. The van der Waals surface area contributed by atoms with E-state index in [1.807, 2.05) is 34.8 Å². The number of urea groups is 1. The lowest BCUT2D eigenvalue weighted by Crippen LogP contribution is -2.52. The van der Waals surface area contributed by atoms with Crippen molar-refractivity contribution in [3.05, 3.63) is 47.5 Å². The lowest BCUT2D eigenvalue weighted by molar-refractivity contribution is -0.122. The summed E-state index contributed by atoms with van der Waals surface area (Å²) < 4.78 is 2.00. The maximum absolute atomic E-state index is 13.4. The topological polar surface area (TPSA) is 115 Å². The predicted octanol–water partition coefficient (Wildman–Crippen LogP) is 3.15. The summed E-state index contributed by atoms with van der Waals surface area (Å²) in [6, 6.07) is 4.16. The molecule has 2 aliphatic heterocycles. The Morgan fingerprint density at radius 1 is 1.28 bits per heavy atom. The molecule has 3 N–H and O–H groups in total. The minimum Gasteiger partial charge on any atom is -0.483 e. The van der Waals surface area contributed by atoms with Crippen molar-refractivity contribution in [1.82, 2.24) is 19.7 Å². The quantitative estimate of drug-likeness (QED) is 0.484. The van der Waals surface area contributed by atoms with Gasteiger partial charge in [0.15, 0.2) is 0 Å². The van der Waals surface area contributed by atoms with Gasteiger partial charge in [-0.25, -0.2) is 14.8 Å². The molecule has 0 unspecified atom stereocenters. The molecule has 7 rings (SSSR count). The highest BCUT2D eigenvalue weighted by Crippen LogP contribution is 2.44. The summed E-state index contributed by atoms with van der Waals surface area (Å²) >= 11 is 0. The molecule has 2 saturated carbocycles. The first kappa shape index (κ1) is 22.8. The van der Waals surface area contributed by atoms with Crippen LogP contribution in [-0.4, -0.2) is 63.7 Å². The third-order valence-electron chi connectivity index (χ3n) is 7.67. The fourth-order valence-electron chi connectivity index (χ4n) is 5.61. The molecule has 4 aliphatic rings. The fourth-order valence-corrected chi connectivity index (χ4v) is 5.61. The molecule has 10 nitrogen and oxygen atoms in total. The summed E-state index contributed by atoms with van der Waals surface area (Å²) in [5, 5.41) is 13.8. The van der Waals surface area contributed by atoms with Crippen molar-refractivity contribution in [3.8, 4) is 0 Å². The summed E-state index contributed by atoms with van der Waals surface area (Å²) in [5.74, 6) is 1.32. The first-order valence-corrected chi connectivity index (χ1v) is 12.6. The average Bonchev–Trinajstić information content (AvgIpc) is 3.76. The maximum Gasteiger partial charge on any atom is 0.327 e. The molecule has 2 aliphatic carbocycles. The molecule has 0 radical (unpaired) electrons. The Kier molecular flexibility index (Phi) is 5.55. The number of piperazine rings is 1. The van der Waals surface area contributed by atoms with Crippen LogP contribution in [0.15, 0.2) is 30.7 Å². The number of hydrogen-bond acceptors (Lipinski definition) is 6. The van der Waals surface area contributed by atoms with E-state index < -0.39 is 0 Å². The van der Waals surface area contributed by atoms with E-state index >= 15 is 0 Å². The third kappa shape index (κ3) is 4.15. The number of pyridine rings is 2. The Balaban J connectivity index is 0.000000765. The minimum atomic E-state index is -0.250. The molecule has 0 bridgehead atoms. The number of aromatic nitrogens is 3. The zero-order chi connectivity index (χ0) is 24.9. The van der Waals surface area contributed by atoms with Crippen LogP contribution in [-0.2, 0) is 11.2 Å². The van der Waals surface area contributed by atoms with E-state index in [1.165, 1.54) is 42.5 Å². The summed E-state index contributed by atoms with van der Waals surface area (Å²) in [6.07, 6.45) is 11.6. The van der Waals surface area contributed by atoms with Crippen molar-refractivity contribution in [2.24, 2.45) is 0 Å². The average molecular weight is 490 g/mol. The second-order valence-electron chi connectivity index (χ2n) is 10.3. The van der Waals surface area contributed by atoms with Crippen molar-refractivity contribution >= 4 is 35.3 Å². The van der Waals surface area contributed by atoms with E-state index in [2.05, 4.69) is 37.6 Å². The summed E-state index contributed by atoms with van der Waals surface area (Å²) in [6.45, 7) is 5.47. The van der Waals surface area contributed by atoms with E-state index in [4.69, 9.17) is 9.90 Å². The SMILES string of the molecule is Cc1cn2cc(NC(=O)N3CCc4c(N5CCNC6(CC6)C5)ccnc43)c(C3CC3)cc2n1.O=CO. The van der Waals surface area contributed by atoms with Crippen molar-refractivity contribution in [2.75, 3.05) is 41.3 Å². The van der Waals surface area contributed by atoms with Crippen LogP contribution in [0.4, 0.5) is 22.0 Å². The van der Waals surface area contributed by atoms with Gasteiger partial charge in [-0.3, -0.25) is 9.69 Å². The van der Waals surface area contributed by atoms with Gasteiger partial charge in [0.05, 0.1) is 11.4 Å². The molecule has 2 amide bonds. The van der Waals surface area contributed by atoms with Crippen LogP contribution in [0.2, 0.25) is 0 Å². The van der Waals surface area contributed by atoms with Gasteiger partial charge in [0.2, 0.25) is 0 Å². The molecule has 0 atom stereocenters. The second-order valence-corrected chi connectivity index (χ2v) is 10.3. The van der Waals surface area contributed by atoms with Gasteiger partial charge in [-0.1, -0.05) is 0 Å². The number of amides is 2. The smallest absolute Gasteiger partial charge is 0.327 e. The first-order chi connectivity index (χ1) is 17.5. The highest BCUT2D eigenvalue weighted by molar-refractivity contribution is 6.03. The number of imidazole rings is 1. The molecule has 0 aromatic carbocycles. The van der Waals surface area contributed by atoms with Crippen molar-refractivity contribution in [2.45, 2.75) is 50.5 Å². The number of hydrogen-bond donors (Lipinski definition) is 3. The van der Waals surface area contributed by atoms with Crippen molar-refractivity contribution < 1.29 is 14.7 Å². The monoisotopic (exact) mass is 489 g/mol. The molecule has 3 fully saturated rings. The van der Waals surface area contributed by atoms with Crippen molar-refractivity contribution in [3.63, 3.8) is 0 Å². The van der Waals surface area contributed by atoms with Crippen LogP contribution in [0.3, 0.4) is 0 Å². The van der Waals surface area contributed by atoms with Crippen LogP contribution >= 0.6 is 0 Å². The minimum absolute atomic E-state index is 0.101. The summed E-state index contributed by atoms with van der Waals surface area (Å²) in [7, 11) is 0. The number of carbonyl (C=O) groups is 2. The zero-order valence-electron chi connectivity index (χ0n) is 20.4. The van der Waals surface area contributed by atoms with E-state index in [1.54, 1.807) is 0 Å². The first-order valence-electron chi connectivity index (χ1n) is 12.6. The number of carbonyl (C=O) groups excluding carboxylic acids is 1. The molecule has 3 aromatic rings. The third-order valence-corrected chi connectivity index (χ3v) is 7.67. The molecule has 10 heteroatoms. The van der Waals surface area contributed by atoms with E-state index in [-0.39, 0.29) is 12.5 Å². The van der Waals surface area contributed by atoms with Crippen LogP contribution in [0.25, 0.3) is 5.65 Å². The lowest BCUT2D eigenvalue weighted by atomic mass is 10.1. The van der Waals surface area contributed by atoms with Crippen LogP contribution in [0, 0.1) is 6.92 Å². The maximum atomic E-state index is 13.4. The van der Waals surface area contributed by atoms with Crippen LogP contribution in [0.1, 0.15) is 48.4 Å². The van der Waals surface area contributed by atoms with Crippen LogP contribution < -0.4 is 20.4 Å². The van der Waals surface area contributed by atoms with Gasteiger partial charge >= 0.3 is 6.03 Å². The van der Waals surface area contributed by atoms with Gasteiger partial charge in [-0.2, -0.15) is 0 Å². The summed E-state index contributed by atoms with van der Waals surface area (Å²) in [4.78, 5) is 35.4. The van der Waals surface area contributed by atoms with Gasteiger partial charge in [-0.05, 0) is 62.6 Å². The largest absolute Gasteiger partial charge is 0.483 e. The molecular formula is C26H31N7O3. The number of nitrogens with one attached hydrogen (secondary N) is 2. The van der Waals surface area contributed by atoms with Gasteiger partial charge in [-0.15, -0.1) is 0 Å². The molecule has 36 heavy (non-hydrogen) atoms. The summed E-state index contributed by atoms with van der Waals surface area (Å²) in [5.41, 5.74) is 6.76. The molecular weight excluding hydrogens is 458 g/mol. The lowest BCUT2D eigenvalue weighted by Gasteiger charge is -2.36. The highest BCUT2D eigenvalue weighted by Gasteiger charge is 2.46. The predicted molar refractivity (Wildman–Crippen MR) is 137 cm³/mol. The molecule has 1 saturated heterocycles. The number of aryl methyl sites for hydroxylation is 1. The van der Waals surface area contributed by atoms with Gasteiger partial charge in [0.25, 0.3) is 6.47 Å². The number of anilines is 3. The van der Waals surface area contributed by atoms with Gasteiger partial charge in [0.1, 0.15) is 11.5 Å². The number of fused-ring (bicyclic) bond motifs is 2. The number of rotatable bonds is 3. The fraction of sp³-hybridized carbons (Fsp3) is 0.462. The Morgan fingerprint density at radius 2 is 2.08 bits per heavy atom. The van der Waals surface area contributed by atoms with Crippen molar-refractivity contribution in [1.29, 1.82) is 0 Å². The second kappa shape index (κ2) is 8.77. The normalized spacial score (nSPS) is 19.6. The standard InChI is InChI=1S/C25H29N7O.CH2O2/c1-16-13-31-14-20(19(17-2-3-17)12-22(31)28-16)29-24(33)32-10-5-18-21(4-8-26-23(18)32)30-11-9-27-25(15-30)6-7-25;2-1-3/h4,8,12-14,17,27H,2-3,5-7,9-11,15H2,1H3,(H,29,33);1H,(H,2,3). The molecule has 1 spiro atoms. The Hall–Kier alpha value is -3.66. The zero-order valence-corrected chi connectivity index (χ0v) is 20.4. The van der Waals surface area contributed by atoms with E-state index in [0.717, 1.165) is 48.9 Å². The Morgan fingerprint density at radius 3 is 2.83 bits per heavy atom. The number of nitrogens with zero attached hydrogens (tertiary/aromatic N) is 5. The molecule has 5 heterocycles. The molecule has 188 valence electrons. The number of carboxylic acid groups (broad SMARTS) is 1. The van der Waals surface area contributed by atoms with E-state index in [0.29, 0.717) is 18.0 Å². The van der Waals surface area contributed by atoms with E-state index in [9.17, 15) is 4.79 Å². The Bertz CT molecular complexity index is 1330. The highest BCUT2D eigenvalue weighted by atomic mass is 16.3. The van der Waals surface area contributed by atoms with Gasteiger partial charge < -0.3 is 25.0 Å². The Labute approximate surface area is 209 Å².